The standard InChI is InChI=1S/C35H42FN3O/c1-35(2)22-27-20-26(11-15-33(27)38-35)31-9-4-7-25-21-28(37)12-14-32(25)34(31)24-6-3-8-29(13-10-24)40-30-16-19-39(23-30)18-5-17-36/h3,6,10-15,20-21,30,38H,4-5,7-9,16-19,22-23,37H2,1-2H3/t30-/m0/s1. The third kappa shape index (κ3) is 5.76. The van der Waals surface area contributed by atoms with Crippen molar-refractivity contribution < 1.29 is 9.13 Å². The number of halogens is 1. The van der Waals surface area contributed by atoms with Gasteiger partial charge < -0.3 is 15.8 Å². The van der Waals surface area contributed by atoms with Gasteiger partial charge in [0.1, 0.15) is 11.9 Å². The topological polar surface area (TPSA) is 50.5 Å². The first-order valence-corrected chi connectivity index (χ1v) is 14.9. The number of fused-ring (bicyclic) bond motifs is 2. The molecule has 210 valence electrons. The number of anilines is 2. The van der Waals surface area contributed by atoms with Crippen molar-refractivity contribution in [2.75, 3.05) is 37.4 Å². The lowest BCUT2D eigenvalue weighted by Crippen LogP contribution is -2.26. The van der Waals surface area contributed by atoms with E-state index >= 15 is 0 Å². The molecule has 1 atom stereocenters. The molecular weight excluding hydrogens is 497 g/mol. The second kappa shape index (κ2) is 11.3. The van der Waals surface area contributed by atoms with Crippen LogP contribution >= 0.6 is 0 Å². The minimum atomic E-state index is -0.251. The van der Waals surface area contributed by atoms with E-state index in [1.807, 2.05) is 6.07 Å². The molecule has 0 aromatic heterocycles. The van der Waals surface area contributed by atoms with Gasteiger partial charge in [0, 0.05) is 43.0 Å². The number of nitrogens with zero attached hydrogens (tertiary/aromatic N) is 1. The zero-order valence-electron chi connectivity index (χ0n) is 23.9. The molecule has 0 radical (unpaired) electrons. The van der Waals surface area contributed by atoms with Gasteiger partial charge in [0.15, 0.2) is 0 Å². The zero-order valence-corrected chi connectivity index (χ0v) is 23.9. The van der Waals surface area contributed by atoms with Gasteiger partial charge in [0.05, 0.1) is 6.67 Å². The molecule has 2 heterocycles. The number of hydrogen-bond acceptors (Lipinski definition) is 4. The van der Waals surface area contributed by atoms with Crippen molar-refractivity contribution in [1.82, 2.24) is 4.90 Å². The maximum Gasteiger partial charge on any atom is 0.112 e. The summed E-state index contributed by atoms with van der Waals surface area (Å²) in [5.74, 6) is 1.00. The molecule has 4 nitrogen and oxygen atoms in total. The molecule has 3 N–H and O–H groups in total. The molecule has 6 rings (SSSR count). The summed E-state index contributed by atoms with van der Waals surface area (Å²) in [6.45, 7) is 6.97. The molecule has 0 unspecified atom stereocenters. The lowest BCUT2D eigenvalue weighted by atomic mass is 9.86. The van der Waals surface area contributed by atoms with Crippen LogP contribution in [0, 0.1) is 0 Å². The smallest absolute Gasteiger partial charge is 0.112 e. The Bertz CT molecular complexity index is 1400. The highest BCUT2D eigenvalue weighted by Gasteiger charge is 2.29. The Morgan fingerprint density at radius 1 is 1.10 bits per heavy atom. The van der Waals surface area contributed by atoms with Crippen LogP contribution in [0.2, 0.25) is 0 Å². The van der Waals surface area contributed by atoms with Crippen LogP contribution in [-0.2, 0) is 17.6 Å². The van der Waals surface area contributed by atoms with E-state index in [1.165, 1.54) is 44.7 Å². The summed E-state index contributed by atoms with van der Waals surface area (Å²) in [7, 11) is 0. The van der Waals surface area contributed by atoms with E-state index in [2.05, 4.69) is 78.7 Å². The Labute approximate surface area is 238 Å². The van der Waals surface area contributed by atoms with Crippen LogP contribution < -0.4 is 11.1 Å². The van der Waals surface area contributed by atoms with Crippen molar-refractivity contribution in [1.29, 1.82) is 0 Å². The molecule has 40 heavy (non-hydrogen) atoms. The van der Waals surface area contributed by atoms with Crippen LogP contribution in [0.5, 0.6) is 0 Å². The van der Waals surface area contributed by atoms with Gasteiger partial charge in [-0.1, -0.05) is 30.4 Å². The minimum absolute atomic E-state index is 0.0864. The normalized spacial score (nSPS) is 22.1. The van der Waals surface area contributed by atoms with E-state index < -0.39 is 0 Å². The SMILES string of the molecule is CC1(C)Cc2cc(C3=C(C4=CC=C(O[C@H]5CCN(CCCF)C5)CC=C4)c4ccc(N)cc4CCC3)ccc2N1. The van der Waals surface area contributed by atoms with Crippen molar-refractivity contribution in [3.8, 4) is 0 Å². The second-order valence-corrected chi connectivity index (χ2v) is 12.4. The third-order valence-corrected chi connectivity index (χ3v) is 8.64. The Morgan fingerprint density at radius 2 is 2.00 bits per heavy atom. The predicted octanol–water partition coefficient (Wildman–Crippen LogP) is 7.48. The number of hydrogen-bond donors (Lipinski definition) is 2. The van der Waals surface area contributed by atoms with Crippen LogP contribution in [0.25, 0.3) is 11.1 Å². The van der Waals surface area contributed by atoms with Crippen molar-refractivity contribution in [3.05, 3.63) is 94.3 Å². The average molecular weight is 540 g/mol. The highest BCUT2D eigenvalue weighted by molar-refractivity contribution is 6.01. The van der Waals surface area contributed by atoms with Crippen LogP contribution in [0.3, 0.4) is 0 Å². The summed E-state index contributed by atoms with van der Waals surface area (Å²) in [5, 5.41) is 3.67. The molecule has 1 fully saturated rings. The molecule has 5 heteroatoms. The van der Waals surface area contributed by atoms with E-state index in [-0.39, 0.29) is 18.3 Å². The minimum Gasteiger partial charge on any atom is -0.493 e. The lowest BCUT2D eigenvalue weighted by molar-refractivity contribution is 0.117. The lowest BCUT2D eigenvalue weighted by Gasteiger charge is -2.18. The number of rotatable bonds is 7. The van der Waals surface area contributed by atoms with Gasteiger partial charge in [-0.2, -0.15) is 0 Å². The molecule has 1 saturated heterocycles. The molecule has 0 bridgehead atoms. The number of nitrogens with one attached hydrogen (secondary N) is 1. The first kappa shape index (κ1) is 26.9. The van der Waals surface area contributed by atoms with Crippen LogP contribution in [0.1, 0.15) is 68.2 Å². The average Bonchev–Trinajstić information content (AvgIpc) is 3.34. The van der Waals surface area contributed by atoms with Gasteiger partial charge in [-0.25, -0.2) is 0 Å². The molecule has 0 spiro atoms. The summed E-state index contributed by atoms with van der Waals surface area (Å²) in [6.07, 6.45) is 15.6. The van der Waals surface area contributed by atoms with Gasteiger partial charge >= 0.3 is 0 Å². The van der Waals surface area contributed by atoms with Crippen molar-refractivity contribution >= 4 is 22.5 Å². The van der Waals surface area contributed by atoms with Gasteiger partial charge in [-0.3, -0.25) is 9.29 Å². The van der Waals surface area contributed by atoms with E-state index in [0.29, 0.717) is 6.42 Å². The van der Waals surface area contributed by atoms with Crippen LogP contribution in [0.15, 0.2) is 72.0 Å². The Morgan fingerprint density at radius 3 is 2.88 bits per heavy atom. The Balaban J connectivity index is 1.36. The summed E-state index contributed by atoms with van der Waals surface area (Å²) in [4.78, 5) is 2.32. The molecular formula is C35H42FN3O. The van der Waals surface area contributed by atoms with Gasteiger partial charge in [-0.05, 0) is 122 Å². The molecule has 4 aliphatic rings. The van der Waals surface area contributed by atoms with Crippen LogP contribution in [0.4, 0.5) is 15.8 Å². The molecule has 2 aliphatic carbocycles. The molecule has 2 aromatic rings. The van der Waals surface area contributed by atoms with E-state index in [4.69, 9.17) is 10.5 Å². The molecule has 0 amide bonds. The predicted molar refractivity (Wildman–Crippen MR) is 165 cm³/mol. The highest BCUT2D eigenvalue weighted by Crippen LogP contribution is 2.43. The second-order valence-electron chi connectivity index (χ2n) is 12.4. The Kier molecular flexibility index (Phi) is 7.59. The fourth-order valence-corrected chi connectivity index (χ4v) is 6.82. The number of likely N-dealkylation sites (tertiary alicyclic amines) is 1. The molecule has 2 aliphatic heterocycles. The summed E-state index contributed by atoms with van der Waals surface area (Å²) in [5.41, 5.74) is 17.7. The Hall–Kier alpha value is -3.31. The fourth-order valence-electron chi connectivity index (χ4n) is 6.82. The monoisotopic (exact) mass is 539 g/mol. The van der Waals surface area contributed by atoms with Crippen molar-refractivity contribution in [3.63, 3.8) is 0 Å². The van der Waals surface area contributed by atoms with Gasteiger partial charge in [0.2, 0.25) is 0 Å². The zero-order chi connectivity index (χ0) is 27.7. The van der Waals surface area contributed by atoms with Crippen molar-refractivity contribution in [2.24, 2.45) is 0 Å². The van der Waals surface area contributed by atoms with E-state index in [9.17, 15) is 4.39 Å². The fraction of sp³-hybridized carbons (Fsp3) is 0.429. The number of benzene rings is 2. The maximum absolute atomic E-state index is 12.6. The largest absolute Gasteiger partial charge is 0.493 e. The van der Waals surface area contributed by atoms with Gasteiger partial charge in [-0.15, -0.1) is 0 Å². The van der Waals surface area contributed by atoms with Crippen molar-refractivity contribution in [2.45, 2.75) is 70.4 Å². The van der Waals surface area contributed by atoms with Crippen LogP contribution in [-0.4, -0.2) is 42.9 Å². The van der Waals surface area contributed by atoms with Gasteiger partial charge in [0.25, 0.3) is 0 Å². The first-order chi connectivity index (χ1) is 19.4. The van der Waals surface area contributed by atoms with E-state index in [0.717, 1.165) is 69.6 Å². The number of nitrogen functional groups attached to an aromatic ring is 1. The summed E-state index contributed by atoms with van der Waals surface area (Å²) in [6, 6.07) is 13.4. The summed E-state index contributed by atoms with van der Waals surface area (Å²) >= 11 is 0. The number of ether oxygens (including phenoxy) is 1. The number of nitrogens with two attached hydrogens (primary N) is 1. The maximum atomic E-state index is 12.6. The third-order valence-electron chi connectivity index (χ3n) is 8.64. The molecule has 0 saturated carbocycles. The molecule has 2 aromatic carbocycles. The quantitative estimate of drug-likeness (QED) is 0.358. The number of aryl methyl sites for hydroxylation is 1. The number of allylic oxidation sites excluding steroid dienone is 7. The highest BCUT2D eigenvalue weighted by atomic mass is 19.1. The summed E-state index contributed by atoms with van der Waals surface area (Å²) < 4.78 is 19.1. The van der Waals surface area contributed by atoms with E-state index in [1.54, 1.807) is 0 Å². The number of alkyl halides is 1. The first-order valence-electron chi connectivity index (χ1n) is 14.9.